The maximum Gasteiger partial charge on any atom is 1.00 e. The van der Waals surface area contributed by atoms with Gasteiger partial charge in [0.2, 0.25) is 0 Å². The number of aromatic nitrogens is 2. The first-order valence-electron chi connectivity index (χ1n) is 19.0. The minimum absolute atomic E-state index is 0. The number of rotatable bonds is 4. The fourth-order valence-corrected chi connectivity index (χ4v) is 11.2. The Labute approximate surface area is 407 Å². The summed E-state index contributed by atoms with van der Waals surface area (Å²) >= 11 is 15.4. The summed E-state index contributed by atoms with van der Waals surface area (Å²) in [6.45, 7) is 0. The third-order valence-corrected chi connectivity index (χ3v) is 13.8. The van der Waals surface area contributed by atoms with Crippen LogP contribution in [0.5, 0.6) is 23.0 Å². The molecule has 0 bridgehead atoms. The monoisotopic (exact) mass is 890 g/mol. The first-order chi connectivity index (χ1) is 28.1. The molecule has 4 N–H and O–H groups in total. The van der Waals surface area contributed by atoms with Crippen LogP contribution in [0.2, 0.25) is 8.67 Å². The van der Waals surface area contributed by atoms with Gasteiger partial charge in [0.05, 0.1) is 21.9 Å². The molecular weight excluding hydrogens is 858 g/mol. The molecule has 4 aromatic heterocycles. The van der Waals surface area contributed by atoms with Crippen molar-refractivity contribution in [1.29, 1.82) is 0 Å². The summed E-state index contributed by atoms with van der Waals surface area (Å²) < 4.78 is 0.757. The number of aromatic amines is 2. The maximum absolute atomic E-state index is 13.2. The molecule has 14 heteroatoms. The second kappa shape index (κ2) is 18.4. The predicted molar refractivity (Wildman–Crippen MR) is 232 cm³/mol. The Morgan fingerprint density at radius 3 is 1.27 bits per heavy atom. The van der Waals surface area contributed by atoms with E-state index in [1.165, 1.54) is 0 Å². The first-order valence-corrected chi connectivity index (χ1v) is 21.4. The maximum atomic E-state index is 13.2. The fourth-order valence-electron chi connectivity index (χ4n) is 8.44. The van der Waals surface area contributed by atoms with E-state index in [4.69, 9.17) is 23.2 Å². The summed E-state index contributed by atoms with van der Waals surface area (Å²) in [5.74, 6) is -0.359. The molecule has 0 radical (unpaired) electrons. The molecular formula is C46H34Cl2N2Na2O6S2. The van der Waals surface area contributed by atoms with Crippen LogP contribution in [0.25, 0.3) is 64.9 Å². The number of thiophene rings is 2. The molecule has 0 amide bonds. The number of pyridine rings is 2. The molecule has 8 nitrogen and oxygen atoms in total. The SMILES string of the molecule is O=c1[nH]c2sc(Cl)c(-c3ccc4c(c3[O-])CCCC4)c2c(O)c1-c1ccccc1.O=c1[nH]c2sc(Cl)c(-c3ccc4c(c3[O-])CCCC4)c2c(O)c1-c1ccccc1.[Na+].[Na+]. The van der Waals surface area contributed by atoms with Crippen LogP contribution in [0.1, 0.15) is 47.9 Å². The third kappa shape index (κ3) is 7.90. The average molecular weight is 892 g/mol. The van der Waals surface area contributed by atoms with E-state index in [9.17, 15) is 30.0 Å². The van der Waals surface area contributed by atoms with Gasteiger partial charge in [0.1, 0.15) is 29.8 Å². The number of nitrogens with one attached hydrogen (secondary N) is 2. The Balaban J connectivity index is 0.000000176. The molecule has 0 unspecified atom stereocenters. The largest absolute Gasteiger partial charge is 1.00 e. The molecule has 292 valence electrons. The Bertz CT molecular complexity index is 2830. The molecule has 2 aliphatic rings. The van der Waals surface area contributed by atoms with Gasteiger partial charge in [0.15, 0.2) is 0 Å². The zero-order chi connectivity index (χ0) is 40.2. The van der Waals surface area contributed by atoms with Gasteiger partial charge in [-0.1, -0.05) is 131 Å². The van der Waals surface area contributed by atoms with E-state index >= 15 is 0 Å². The fraction of sp³-hybridized carbons (Fsp3) is 0.174. The van der Waals surface area contributed by atoms with Crippen molar-refractivity contribution >= 4 is 66.3 Å². The zero-order valence-electron chi connectivity index (χ0n) is 32.8. The van der Waals surface area contributed by atoms with Crippen molar-refractivity contribution in [3.8, 4) is 67.5 Å². The number of fused-ring (bicyclic) bond motifs is 4. The summed E-state index contributed by atoms with van der Waals surface area (Å²) in [5, 5.41) is 49.5. The van der Waals surface area contributed by atoms with Gasteiger partial charge in [-0.3, -0.25) is 9.59 Å². The summed E-state index contributed by atoms with van der Waals surface area (Å²) in [7, 11) is 0. The Hall–Kier alpha value is -3.52. The second-order valence-electron chi connectivity index (χ2n) is 14.6. The van der Waals surface area contributed by atoms with Crippen molar-refractivity contribution in [3.05, 3.63) is 137 Å². The van der Waals surface area contributed by atoms with Gasteiger partial charge in [-0.05, 0) is 84.7 Å². The number of benzene rings is 4. The number of hydrogen-bond acceptors (Lipinski definition) is 8. The Morgan fingerprint density at radius 2 is 0.883 bits per heavy atom. The van der Waals surface area contributed by atoms with E-state index < -0.39 is 11.1 Å². The number of halogens is 2. The smallest absolute Gasteiger partial charge is 0.872 e. The van der Waals surface area contributed by atoms with Crippen LogP contribution in [0, 0.1) is 0 Å². The molecule has 2 aliphatic carbocycles. The topological polar surface area (TPSA) is 152 Å². The van der Waals surface area contributed by atoms with Crippen molar-refractivity contribution < 1.29 is 79.5 Å². The zero-order valence-corrected chi connectivity index (χ0v) is 40.0. The van der Waals surface area contributed by atoms with E-state index in [-0.39, 0.29) is 93.2 Å². The predicted octanol–water partition coefficient (Wildman–Crippen LogP) is 4.48. The van der Waals surface area contributed by atoms with E-state index in [1.807, 2.05) is 24.3 Å². The van der Waals surface area contributed by atoms with Crippen molar-refractivity contribution in [2.24, 2.45) is 0 Å². The molecule has 60 heavy (non-hydrogen) atoms. The van der Waals surface area contributed by atoms with Crippen LogP contribution in [0.3, 0.4) is 0 Å². The van der Waals surface area contributed by atoms with Gasteiger partial charge in [0.25, 0.3) is 11.1 Å². The van der Waals surface area contributed by atoms with Crippen LogP contribution in [0.4, 0.5) is 0 Å². The van der Waals surface area contributed by atoms with Crippen LogP contribution < -0.4 is 80.4 Å². The number of aromatic hydroxyl groups is 2. The van der Waals surface area contributed by atoms with Gasteiger partial charge in [0, 0.05) is 11.1 Å². The summed E-state index contributed by atoms with van der Waals surface area (Å²) in [6, 6.07) is 25.5. The van der Waals surface area contributed by atoms with Crippen molar-refractivity contribution in [3.63, 3.8) is 0 Å². The second-order valence-corrected chi connectivity index (χ2v) is 17.8. The van der Waals surface area contributed by atoms with Crippen molar-refractivity contribution in [2.75, 3.05) is 0 Å². The molecule has 0 saturated carbocycles. The molecule has 4 aromatic carbocycles. The number of hydrogen-bond donors (Lipinski definition) is 4. The molecule has 0 aliphatic heterocycles. The van der Waals surface area contributed by atoms with E-state index in [2.05, 4.69) is 9.97 Å². The molecule has 0 atom stereocenters. The van der Waals surface area contributed by atoms with Crippen LogP contribution in [-0.4, -0.2) is 20.2 Å². The molecule has 4 heterocycles. The van der Waals surface area contributed by atoms with Gasteiger partial charge < -0.3 is 30.4 Å². The summed E-state index contributed by atoms with van der Waals surface area (Å²) in [6.07, 6.45) is 7.55. The quantitative estimate of drug-likeness (QED) is 0.192. The van der Waals surface area contributed by atoms with Crippen LogP contribution >= 0.6 is 45.9 Å². The van der Waals surface area contributed by atoms with E-state index in [0.717, 1.165) is 96.3 Å². The molecule has 0 saturated heterocycles. The van der Waals surface area contributed by atoms with Crippen LogP contribution in [0.15, 0.2) is 94.5 Å². The normalized spacial score (nSPS) is 13.1. The molecule has 0 spiro atoms. The Morgan fingerprint density at radius 1 is 0.517 bits per heavy atom. The van der Waals surface area contributed by atoms with Crippen LogP contribution in [-0.2, 0) is 25.7 Å². The van der Waals surface area contributed by atoms with Gasteiger partial charge in [-0.15, -0.1) is 22.7 Å². The van der Waals surface area contributed by atoms with Gasteiger partial charge in [-0.25, -0.2) is 0 Å². The van der Waals surface area contributed by atoms with Crippen molar-refractivity contribution in [2.45, 2.75) is 51.4 Å². The van der Waals surface area contributed by atoms with E-state index in [1.54, 1.807) is 60.7 Å². The summed E-state index contributed by atoms with van der Waals surface area (Å²) in [5.41, 5.74) is 6.62. The Kier molecular flexibility index (Phi) is 13.7. The minimum Gasteiger partial charge on any atom is -0.872 e. The molecule has 0 fully saturated rings. The summed E-state index contributed by atoms with van der Waals surface area (Å²) in [4.78, 5) is 31.9. The third-order valence-electron chi connectivity index (χ3n) is 11.2. The van der Waals surface area contributed by atoms with E-state index in [0.29, 0.717) is 62.5 Å². The number of aryl methyl sites for hydroxylation is 2. The van der Waals surface area contributed by atoms with Gasteiger partial charge >= 0.3 is 59.1 Å². The van der Waals surface area contributed by atoms with Gasteiger partial charge in [-0.2, -0.15) is 0 Å². The molecule has 8 aromatic rings. The van der Waals surface area contributed by atoms with Crippen molar-refractivity contribution in [1.82, 2.24) is 9.97 Å². The molecule has 10 rings (SSSR count). The first kappa shape index (κ1) is 44.5. The standard InChI is InChI=1S/2C23H18ClNO3S.2Na/c2*24-21-17(15-11-10-12-6-4-5-9-14(12)19(15)26)18-20(27)16(13-7-2-1-3-8-13)22(28)25-23(18)29-21;;/h2*1-3,7-8,10-11,26H,4-6,9H2,(H2,25,27,28);;/q;;2*+1/p-2. The minimum atomic E-state index is -0.390. The average Bonchev–Trinajstić information content (AvgIpc) is 3.74. The number of H-pyrrole nitrogens is 2.